The molecule has 1 N–H and O–H groups in total. The molecule has 0 radical (unpaired) electrons. The summed E-state index contributed by atoms with van der Waals surface area (Å²) in [5, 5.41) is 4.05. The average molecular weight is 594 g/mol. The smallest absolute Gasteiger partial charge is 0.271 e. The molecule has 0 aliphatic carbocycles. The quantitative estimate of drug-likeness (QED) is 0.215. The summed E-state index contributed by atoms with van der Waals surface area (Å²) < 4.78 is 31.4. The van der Waals surface area contributed by atoms with Crippen LogP contribution in [0.4, 0.5) is 4.39 Å². The van der Waals surface area contributed by atoms with Crippen LogP contribution in [-0.4, -0.2) is 25.3 Å². The fourth-order valence-electron chi connectivity index (χ4n) is 2.95. The topological polar surface area (TPSA) is 69.2 Å². The second-order valence-corrected chi connectivity index (χ2v) is 8.66. The Morgan fingerprint density at radius 3 is 2.24 bits per heavy atom. The number of amides is 1. The zero-order valence-corrected chi connectivity index (χ0v) is 21.8. The molecule has 0 saturated carbocycles. The Labute approximate surface area is 214 Å². The molecule has 0 spiro atoms. The van der Waals surface area contributed by atoms with E-state index in [1.165, 1.54) is 18.3 Å². The van der Waals surface area contributed by atoms with Crippen molar-refractivity contribution < 1.29 is 23.4 Å². The molecule has 3 rings (SSSR count). The van der Waals surface area contributed by atoms with Crippen molar-refractivity contribution in [2.75, 3.05) is 13.2 Å². The molecular formula is C25H23Br2FN2O4. The molecule has 6 nitrogen and oxygen atoms in total. The minimum Gasteiger partial charge on any atom is -0.490 e. The summed E-state index contributed by atoms with van der Waals surface area (Å²) in [6.07, 6.45) is 1.52. The number of benzene rings is 3. The Balaban J connectivity index is 1.64. The molecule has 0 aliphatic rings. The van der Waals surface area contributed by atoms with Gasteiger partial charge in [-0.1, -0.05) is 12.1 Å². The zero-order valence-electron chi connectivity index (χ0n) is 18.6. The van der Waals surface area contributed by atoms with Crippen LogP contribution in [-0.2, 0) is 6.61 Å². The Kier molecular flexibility index (Phi) is 9.47. The number of halogens is 3. The first-order chi connectivity index (χ1) is 16.4. The Morgan fingerprint density at radius 2 is 1.59 bits per heavy atom. The molecule has 178 valence electrons. The second kappa shape index (κ2) is 12.5. The summed E-state index contributed by atoms with van der Waals surface area (Å²) >= 11 is 6.99. The van der Waals surface area contributed by atoms with Gasteiger partial charge in [-0.25, -0.2) is 9.82 Å². The number of hydrogen-bond donors (Lipinski definition) is 1. The molecule has 0 heterocycles. The van der Waals surface area contributed by atoms with Gasteiger partial charge in [0.05, 0.1) is 28.4 Å². The summed E-state index contributed by atoms with van der Waals surface area (Å²) in [6.45, 7) is 4.98. The minimum absolute atomic E-state index is 0.285. The van der Waals surface area contributed by atoms with E-state index in [2.05, 4.69) is 42.4 Å². The van der Waals surface area contributed by atoms with Gasteiger partial charge in [0.25, 0.3) is 5.91 Å². The van der Waals surface area contributed by atoms with E-state index in [-0.39, 0.29) is 18.3 Å². The van der Waals surface area contributed by atoms with Crippen molar-refractivity contribution in [3.8, 4) is 17.2 Å². The number of carbonyl (C=O) groups excluding carboxylic acids is 1. The van der Waals surface area contributed by atoms with Crippen molar-refractivity contribution in [1.29, 1.82) is 0 Å². The molecule has 0 aliphatic heterocycles. The number of rotatable bonds is 10. The van der Waals surface area contributed by atoms with Crippen LogP contribution in [0.2, 0.25) is 0 Å². The molecule has 0 fully saturated rings. The maximum absolute atomic E-state index is 13.1. The number of hydrazone groups is 1. The first-order valence-corrected chi connectivity index (χ1v) is 12.1. The lowest BCUT2D eigenvalue weighted by Gasteiger charge is -2.12. The van der Waals surface area contributed by atoms with Crippen LogP contribution >= 0.6 is 31.9 Å². The maximum Gasteiger partial charge on any atom is 0.271 e. The first kappa shape index (κ1) is 25.7. The SMILES string of the molecule is CCOc1ccc(C(=O)N/N=C/c2cc(Br)c(OCc3ccc(F)cc3)c(Br)c2)cc1OCC. The number of nitrogens with zero attached hydrogens (tertiary/aromatic N) is 1. The van der Waals surface area contributed by atoms with Crippen LogP contribution in [0.15, 0.2) is 68.6 Å². The van der Waals surface area contributed by atoms with Gasteiger partial charge in [0, 0.05) is 5.56 Å². The van der Waals surface area contributed by atoms with E-state index in [0.717, 1.165) is 11.1 Å². The van der Waals surface area contributed by atoms with E-state index in [1.807, 2.05) is 26.0 Å². The second-order valence-electron chi connectivity index (χ2n) is 6.96. The molecule has 0 atom stereocenters. The first-order valence-electron chi connectivity index (χ1n) is 10.5. The molecule has 34 heavy (non-hydrogen) atoms. The molecule has 0 aromatic heterocycles. The van der Waals surface area contributed by atoms with Gasteiger partial charge < -0.3 is 14.2 Å². The van der Waals surface area contributed by atoms with Gasteiger partial charge in [0.1, 0.15) is 18.2 Å². The third-order valence-corrected chi connectivity index (χ3v) is 5.68. The Hall–Kier alpha value is -2.91. The maximum atomic E-state index is 13.1. The summed E-state index contributed by atoms with van der Waals surface area (Å²) in [6, 6.07) is 14.7. The van der Waals surface area contributed by atoms with Crippen molar-refractivity contribution in [1.82, 2.24) is 5.43 Å². The van der Waals surface area contributed by atoms with Crippen LogP contribution < -0.4 is 19.6 Å². The Bertz CT molecular complexity index is 1150. The lowest BCUT2D eigenvalue weighted by Crippen LogP contribution is -2.17. The molecule has 1 amide bonds. The summed E-state index contributed by atoms with van der Waals surface area (Å²) in [4.78, 5) is 12.5. The highest BCUT2D eigenvalue weighted by Crippen LogP contribution is 2.35. The standard InChI is InChI=1S/C25H23Br2FN2O4/c1-3-32-22-10-7-18(13-23(22)33-4-2)25(31)30-29-14-17-11-20(26)24(21(27)12-17)34-15-16-5-8-19(28)9-6-16/h5-14H,3-4,15H2,1-2H3,(H,30,31)/b29-14+. The van der Waals surface area contributed by atoms with Gasteiger partial charge in [-0.3, -0.25) is 4.79 Å². The number of ether oxygens (including phenoxy) is 3. The molecule has 3 aromatic rings. The molecule has 0 unspecified atom stereocenters. The van der Waals surface area contributed by atoms with Gasteiger partial charge in [0.15, 0.2) is 11.5 Å². The predicted octanol–water partition coefficient (Wildman–Crippen LogP) is 6.49. The predicted molar refractivity (Wildman–Crippen MR) is 136 cm³/mol. The van der Waals surface area contributed by atoms with Gasteiger partial charge in [0.2, 0.25) is 0 Å². The van der Waals surface area contributed by atoms with Gasteiger partial charge in [-0.2, -0.15) is 5.10 Å². The molecular weight excluding hydrogens is 571 g/mol. The van der Waals surface area contributed by atoms with E-state index in [4.69, 9.17) is 14.2 Å². The summed E-state index contributed by atoms with van der Waals surface area (Å²) in [5.74, 6) is 1.02. The average Bonchev–Trinajstić information content (AvgIpc) is 2.81. The van der Waals surface area contributed by atoms with E-state index in [9.17, 15) is 9.18 Å². The van der Waals surface area contributed by atoms with E-state index < -0.39 is 0 Å². The van der Waals surface area contributed by atoms with Crippen LogP contribution in [0.3, 0.4) is 0 Å². The zero-order chi connectivity index (χ0) is 24.5. The van der Waals surface area contributed by atoms with Crippen molar-refractivity contribution >= 4 is 44.0 Å². The van der Waals surface area contributed by atoms with Crippen molar-refractivity contribution in [2.45, 2.75) is 20.5 Å². The minimum atomic E-state index is -0.377. The van der Waals surface area contributed by atoms with E-state index in [0.29, 0.717) is 45.0 Å². The fraction of sp³-hybridized carbons (Fsp3) is 0.200. The Morgan fingerprint density at radius 1 is 0.941 bits per heavy atom. The lowest BCUT2D eigenvalue weighted by molar-refractivity contribution is 0.0954. The van der Waals surface area contributed by atoms with E-state index >= 15 is 0 Å². The van der Waals surface area contributed by atoms with Crippen LogP contribution in [0.5, 0.6) is 17.2 Å². The third kappa shape index (κ3) is 7.04. The third-order valence-electron chi connectivity index (χ3n) is 4.50. The highest BCUT2D eigenvalue weighted by molar-refractivity contribution is 9.11. The van der Waals surface area contributed by atoms with Gasteiger partial charge >= 0.3 is 0 Å². The van der Waals surface area contributed by atoms with Crippen LogP contribution in [0.25, 0.3) is 0 Å². The van der Waals surface area contributed by atoms with Crippen LogP contribution in [0.1, 0.15) is 35.3 Å². The number of carbonyl (C=O) groups is 1. The fourth-order valence-corrected chi connectivity index (χ4v) is 4.40. The highest BCUT2D eigenvalue weighted by Gasteiger charge is 2.12. The monoisotopic (exact) mass is 592 g/mol. The van der Waals surface area contributed by atoms with Crippen molar-refractivity contribution in [3.05, 3.63) is 86.1 Å². The van der Waals surface area contributed by atoms with Gasteiger partial charge in [-0.15, -0.1) is 0 Å². The number of hydrogen-bond acceptors (Lipinski definition) is 5. The highest BCUT2D eigenvalue weighted by atomic mass is 79.9. The summed E-state index contributed by atoms with van der Waals surface area (Å²) in [7, 11) is 0. The van der Waals surface area contributed by atoms with Crippen LogP contribution in [0, 0.1) is 5.82 Å². The largest absolute Gasteiger partial charge is 0.490 e. The molecule has 3 aromatic carbocycles. The molecule has 0 saturated heterocycles. The van der Waals surface area contributed by atoms with Crippen molar-refractivity contribution in [2.24, 2.45) is 5.10 Å². The van der Waals surface area contributed by atoms with Crippen molar-refractivity contribution in [3.63, 3.8) is 0 Å². The molecule has 9 heteroatoms. The van der Waals surface area contributed by atoms with Gasteiger partial charge in [-0.05, 0) is 99.3 Å². The lowest BCUT2D eigenvalue weighted by atomic mass is 10.2. The number of nitrogens with one attached hydrogen (secondary N) is 1. The van der Waals surface area contributed by atoms with E-state index in [1.54, 1.807) is 30.3 Å². The molecule has 0 bridgehead atoms. The normalized spacial score (nSPS) is 10.9. The summed E-state index contributed by atoms with van der Waals surface area (Å²) in [5.41, 5.74) is 4.49.